The summed E-state index contributed by atoms with van der Waals surface area (Å²) in [4.78, 5) is 29.3. The van der Waals surface area contributed by atoms with E-state index in [9.17, 15) is 14.0 Å². The molecule has 0 aliphatic carbocycles. The van der Waals surface area contributed by atoms with E-state index in [0.29, 0.717) is 45.6 Å². The summed E-state index contributed by atoms with van der Waals surface area (Å²) in [6.07, 6.45) is 0.877. The second kappa shape index (κ2) is 10.3. The third-order valence-corrected chi connectivity index (χ3v) is 5.58. The van der Waals surface area contributed by atoms with Gasteiger partial charge in [-0.25, -0.2) is 4.39 Å². The average Bonchev–Trinajstić information content (AvgIpc) is 2.91. The van der Waals surface area contributed by atoms with Crippen LogP contribution >= 0.6 is 0 Å². The van der Waals surface area contributed by atoms with Crippen molar-refractivity contribution in [2.24, 2.45) is 5.92 Å². The van der Waals surface area contributed by atoms with Crippen molar-refractivity contribution < 1.29 is 18.7 Å². The lowest BCUT2D eigenvalue weighted by atomic mass is 9.94. The molecule has 0 bridgehead atoms. The third-order valence-electron chi connectivity index (χ3n) is 5.58. The SMILES string of the molecule is CCN1CCN(C(=O)CCOC)C[C@@H](Cc2cccc(-c3ccc(F)cc3)c2)C1=O. The fourth-order valence-electron chi connectivity index (χ4n) is 3.89. The first-order valence-electron chi connectivity index (χ1n) is 10.4. The number of hydrogen-bond donors (Lipinski definition) is 0. The Morgan fingerprint density at radius 3 is 2.60 bits per heavy atom. The van der Waals surface area contributed by atoms with Gasteiger partial charge >= 0.3 is 0 Å². The summed E-state index contributed by atoms with van der Waals surface area (Å²) in [7, 11) is 1.58. The van der Waals surface area contributed by atoms with Gasteiger partial charge in [-0.15, -0.1) is 0 Å². The minimum atomic E-state index is -0.289. The first-order chi connectivity index (χ1) is 14.5. The standard InChI is InChI=1S/C24H29FN2O3/c1-3-26-12-13-27(23(28)11-14-30-2)17-21(24(26)29)16-18-5-4-6-20(15-18)19-7-9-22(25)10-8-19/h4-10,15,21H,3,11-14,16-17H2,1-2H3/t21-/m1/s1. The second-order valence-electron chi connectivity index (χ2n) is 7.61. The van der Waals surface area contributed by atoms with Gasteiger partial charge in [0.1, 0.15) is 5.82 Å². The number of likely N-dealkylation sites (N-methyl/N-ethyl adjacent to an activating group) is 1. The van der Waals surface area contributed by atoms with Crippen LogP contribution in [0.15, 0.2) is 48.5 Å². The molecule has 5 nitrogen and oxygen atoms in total. The molecule has 0 radical (unpaired) electrons. The molecule has 0 saturated carbocycles. The van der Waals surface area contributed by atoms with Crippen molar-refractivity contribution >= 4 is 11.8 Å². The van der Waals surface area contributed by atoms with Gasteiger partial charge in [0, 0.05) is 33.3 Å². The van der Waals surface area contributed by atoms with Gasteiger partial charge in [-0.2, -0.15) is 0 Å². The van der Waals surface area contributed by atoms with Gasteiger partial charge in [0.25, 0.3) is 0 Å². The normalized spacial score (nSPS) is 17.2. The molecule has 1 aliphatic heterocycles. The maximum absolute atomic E-state index is 13.2. The highest BCUT2D eigenvalue weighted by molar-refractivity contribution is 5.82. The summed E-state index contributed by atoms with van der Waals surface area (Å²) in [6, 6.07) is 14.4. The Labute approximate surface area is 177 Å². The molecule has 0 aromatic heterocycles. The number of ether oxygens (including phenoxy) is 1. The number of amides is 2. The van der Waals surface area contributed by atoms with Crippen molar-refractivity contribution in [1.82, 2.24) is 9.80 Å². The molecule has 2 aromatic carbocycles. The van der Waals surface area contributed by atoms with Crippen molar-refractivity contribution in [1.29, 1.82) is 0 Å². The molecule has 1 fully saturated rings. The monoisotopic (exact) mass is 412 g/mol. The van der Waals surface area contributed by atoms with Crippen molar-refractivity contribution in [3.05, 3.63) is 59.9 Å². The molecule has 30 heavy (non-hydrogen) atoms. The summed E-state index contributed by atoms with van der Waals surface area (Å²) < 4.78 is 18.3. The number of halogens is 1. The van der Waals surface area contributed by atoms with Gasteiger partial charge in [-0.1, -0.05) is 36.4 Å². The molecule has 2 aromatic rings. The lowest BCUT2D eigenvalue weighted by molar-refractivity contribution is -0.135. The quantitative estimate of drug-likeness (QED) is 0.701. The molecule has 0 spiro atoms. The average molecular weight is 413 g/mol. The van der Waals surface area contributed by atoms with Gasteiger partial charge < -0.3 is 14.5 Å². The molecular weight excluding hydrogens is 383 g/mol. The highest BCUT2D eigenvalue weighted by Gasteiger charge is 2.31. The highest BCUT2D eigenvalue weighted by Crippen LogP contribution is 2.24. The first kappa shape index (κ1) is 22.0. The fraction of sp³-hybridized carbons (Fsp3) is 0.417. The van der Waals surface area contributed by atoms with Gasteiger partial charge in [-0.3, -0.25) is 9.59 Å². The van der Waals surface area contributed by atoms with Crippen LogP contribution in [0.2, 0.25) is 0 Å². The Morgan fingerprint density at radius 2 is 1.90 bits per heavy atom. The van der Waals surface area contributed by atoms with Crippen LogP contribution in [0, 0.1) is 11.7 Å². The van der Waals surface area contributed by atoms with Crippen LogP contribution in [0.4, 0.5) is 4.39 Å². The summed E-state index contributed by atoms with van der Waals surface area (Å²) in [5.74, 6) is -0.446. The predicted molar refractivity (Wildman–Crippen MR) is 114 cm³/mol. The molecule has 160 valence electrons. The van der Waals surface area contributed by atoms with Crippen molar-refractivity contribution in [2.75, 3.05) is 39.9 Å². The number of hydrogen-bond acceptors (Lipinski definition) is 3. The number of rotatable bonds is 7. The van der Waals surface area contributed by atoms with Crippen LogP contribution in [-0.2, 0) is 20.7 Å². The summed E-state index contributed by atoms with van der Waals surface area (Å²) in [6.45, 7) is 4.50. The molecule has 3 rings (SSSR count). The smallest absolute Gasteiger partial charge is 0.227 e. The molecule has 1 aliphatic rings. The summed E-state index contributed by atoms with van der Waals surface area (Å²) in [5, 5.41) is 0. The zero-order valence-corrected chi connectivity index (χ0v) is 17.6. The Kier molecular flexibility index (Phi) is 7.57. The van der Waals surface area contributed by atoms with E-state index in [2.05, 4.69) is 0 Å². The Morgan fingerprint density at radius 1 is 1.13 bits per heavy atom. The van der Waals surface area contributed by atoms with Crippen molar-refractivity contribution in [3.8, 4) is 11.1 Å². The van der Waals surface area contributed by atoms with E-state index in [1.54, 1.807) is 24.1 Å². The van der Waals surface area contributed by atoms with Crippen LogP contribution in [-0.4, -0.2) is 61.5 Å². The van der Waals surface area contributed by atoms with Crippen LogP contribution < -0.4 is 0 Å². The summed E-state index contributed by atoms with van der Waals surface area (Å²) in [5.41, 5.74) is 2.93. The Hall–Kier alpha value is -2.73. The van der Waals surface area contributed by atoms with Crippen LogP contribution in [0.1, 0.15) is 18.9 Å². The van der Waals surface area contributed by atoms with Crippen molar-refractivity contribution in [3.63, 3.8) is 0 Å². The van der Waals surface area contributed by atoms with Crippen molar-refractivity contribution in [2.45, 2.75) is 19.8 Å². The zero-order chi connectivity index (χ0) is 21.5. The maximum Gasteiger partial charge on any atom is 0.227 e. The molecular formula is C24H29FN2O3. The van der Waals surface area contributed by atoms with E-state index in [1.165, 1.54) is 12.1 Å². The third kappa shape index (κ3) is 5.45. The van der Waals surface area contributed by atoms with Crippen LogP contribution in [0.25, 0.3) is 11.1 Å². The number of nitrogens with zero attached hydrogens (tertiary/aromatic N) is 2. The Balaban J connectivity index is 1.79. The number of methoxy groups -OCH3 is 1. The molecule has 1 heterocycles. The number of benzene rings is 2. The van der Waals surface area contributed by atoms with E-state index in [-0.39, 0.29) is 23.5 Å². The predicted octanol–water partition coefficient (Wildman–Crippen LogP) is 3.38. The van der Waals surface area contributed by atoms with Gasteiger partial charge in [0.05, 0.1) is 18.9 Å². The van der Waals surface area contributed by atoms with Crippen LogP contribution in [0.3, 0.4) is 0 Å². The van der Waals surface area contributed by atoms with Crippen LogP contribution in [0.5, 0.6) is 0 Å². The molecule has 1 atom stereocenters. The zero-order valence-electron chi connectivity index (χ0n) is 17.6. The van der Waals surface area contributed by atoms with Gasteiger partial charge in [0.15, 0.2) is 0 Å². The lowest BCUT2D eigenvalue weighted by Crippen LogP contribution is -2.38. The van der Waals surface area contributed by atoms with E-state index in [1.807, 2.05) is 36.1 Å². The largest absolute Gasteiger partial charge is 0.384 e. The van der Waals surface area contributed by atoms with E-state index < -0.39 is 0 Å². The van der Waals surface area contributed by atoms with E-state index in [0.717, 1.165) is 16.7 Å². The molecule has 0 unspecified atom stereocenters. The minimum absolute atomic E-state index is 0.0210. The van der Waals surface area contributed by atoms with E-state index >= 15 is 0 Å². The number of carbonyl (C=O) groups is 2. The number of carbonyl (C=O) groups excluding carboxylic acids is 2. The highest BCUT2D eigenvalue weighted by atomic mass is 19.1. The first-order valence-corrected chi connectivity index (χ1v) is 10.4. The van der Waals surface area contributed by atoms with Gasteiger partial charge in [0.2, 0.25) is 11.8 Å². The Bertz CT molecular complexity index is 869. The summed E-state index contributed by atoms with van der Waals surface area (Å²) >= 11 is 0. The lowest BCUT2D eigenvalue weighted by Gasteiger charge is -2.23. The van der Waals surface area contributed by atoms with E-state index in [4.69, 9.17) is 4.74 Å². The van der Waals surface area contributed by atoms with Gasteiger partial charge in [-0.05, 0) is 42.2 Å². The topological polar surface area (TPSA) is 49.9 Å². The second-order valence-corrected chi connectivity index (χ2v) is 7.61. The minimum Gasteiger partial charge on any atom is -0.384 e. The molecule has 2 amide bonds. The molecule has 0 N–H and O–H groups in total. The molecule has 6 heteroatoms. The molecule has 1 saturated heterocycles. The fourth-order valence-corrected chi connectivity index (χ4v) is 3.89. The maximum atomic E-state index is 13.2.